The second-order valence-corrected chi connectivity index (χ2v) is 6.10. The Morgan fingerprint density at radius 3 is 2.21 bits per heavy atom. The summed E-state index contributed by atoms with van der Waals surface area (Å²) in [6.07, 6.45) is 0. The van der Waals surface area contributed by atoms with Crippen molar-refractivity contribution in [3.05, 3.63) is 63.1 Å². The van der Waals surface area contributed by atoms with Gasteiger partial charge in [-0.2, -0.15) is 0 Å². The molecule has 3 heteroatoms. The molecule has 0 aliphatic rings. The highest BCUT2D eigenvalue weighted by molar-refractivity contribution is 9.10. The van der Waals surface area contributed by atoms with Gasteiger partial charge in [-0.15, -0.1) is 0 Å². The number of hydrogen-bond donors (Lipinski definition) is 0. The first-order chi connectivity index (χ1) is 9.08. The summed E-state index contributed by atoms with van der Waals surface area (Å²) in [5.74, 6) is 0.879. The zero-order valence-corrected chi connectivity index (χ0v) is 14.2. The van der Waals surface area contributed by atoms with Gasteiger partial charge in [-0.05, 0) is 53.0 Å². The Kier molecular flexibility index (Phi) is 5.06. The van der Waals surface area contributed by atoms with Crippen molar-refractivity contribution in [3.63, 3.8) is 0 Å². The molecule has 19 heavy (non-hydrogen) atoms. The summed E-state index contributed by atoms with van der Waals surface area (Å²) in [5.41, 5.74) is 4.97. The molecule has 1 nitrogen and oxygen atoms in total. The molecule has 0 radical (unpaired) electrons. The maximum Gasteiger partial charge on any atom is 0.134 e. The average Bonchev–Trinajstić information content (AvgIpc) is 2.36. The van der Waals surface area contributed by atoms with E-state index in [2.05, 4.69) is 76.0 Å². The van der Waals surface area contributed by atoms with Crippen LogP contribution in [0.5, 0.6) is 5.75 Å². The largest absolute Gasteiger partial charge is 0.488 e. The number of alkyl halides is 1. The number of hydrogen-bond acceptors (Lipinski definition) is 1. The fourth-order valence-electron chi connectivity index (χ4n) is 2.06. The highest BCUT2D eigenvalue weighted by Crippen LogP contribution is 2.27. The van der Waals surface area contributed by atoms with Crippen LogP contribution < -0.4 is 4.74 Å². The molecule has 0 aliphatic carbocycles. The zero-order chi connectivity index (χ0) is 13.8. The molecule has 0 atom stereocenters. The number of rotatable bonds is 4. The summed E-state index contributed by atoms with van der Waals surface area (Å²) in [6.45, 7) is 4.81. The molecular weight excluding hydrogens is 368 g/mol. The summed E-state index contributed by atoms with van der Waals surface area (Å²) in [7, 11) is 0. The normalized spacial score (nSPS) is 10.5. The van der Waals surface area contributed by atoms with E-state index in [1.807, 2.05) is 6.07 Å². The molecule has 0 aliphatic heterocycles. The van der Waals surface area contributed by atoms with Gasteiger partial charge < -0.3 is 4.74 Å². The predicted molar refractivity (Wildman–Crippen MR) is 87.0 cm³/mol. The van der Waals surface area contributed by atoms with Gasteiger partial charge in [0.15, 0.2) is 0 Å². The molecule has 0 saturated heterocycles. The molecule has 2 aromatic rings. The van der Waals surface area contributed by atoms with E-state index in [0.717, 1.165) is 15.6 Å². The first kappa shape index (κ1) is 14.6. The quantitative estimate of drug-likeness (QED) is 0.629. The average molecular weight is 384 g/mol. The van der Waals surface area contributed by atoms with Crippen molar-refractivity contribution in [3.8, 4) is 5.75 Å². The van der Waals surface area contributed by atoms with Crippen molar-refractivity contribution in [2.24, 2.45) is 0 Å². The molecule has 0 amide bonds. The van der Waals surface area contributed by atoms with Crippen LogP contribution in [0.2, 0.25) is 0 Å². The SMILES string of the molecule is Cc1cc(C)cc(COc2ccc(CBr)cc2Br)c1. The van der Waals surface area contributed by atoms with Crippen LogP contribution in [0.15, 0.2) is 40.9 Å². The topological polar surface area (TPSA) is 9.23 Å². The summed E-state index contributed by atoms with van der Waals surface area (Å²) in [5, 5.41) is 0.850. The van der Waals surface area contributed by atoms with Crippen LogP contribution in [0.3, 0.4) is 0 Å². The van der Waals surface area contributed by atoms with Crippen LogP contribution in [0.25, 0.3) is 0 Å². The van der Waals surface area contributed by atoms with Crippen molar-refractivity contribution in [2.45, 2.75) is 25.8 Å². The lowest BCUT2D eigenvalue weighted by atomic mass is 10.1. The van der Waals surface area contributed by atoms with Gasteiger partial charge in [0.2, 0.25) is 0 Å². The predicted octanol–water partition coefficient (Wildman–Crippen LogP) is 5.54. The molecule has 0 heterocycles. The fourth-order valence-corrected chi connectivity index (χ4v) is 2.95. The van der Waals surface area contributed by atoms with Crippen LogP contribution in [-0.4, -0.2) is 0 Å². The lowest BCUT2D eigenvalue weighted by Crippen LogP contribution is -1.97. The third-order valence-electron chi connectivity index (χ3n) is 2.83. The Balaban J connectivity index is 2.10. The lowest BCUT2D eigenvalue weighted by Gasteiger charge is -2.10. The van der Waals surface area contributed by atoms with E-state index in [1.165, 1.54) is 22.3 Å². The van der Waals surface area contributed by atoms with Gasteiger partial charge in [0.25, 0.3) is 0 Å². The first-order valence-electron chi connectivity index (χ1n) is 6.13. The van der Waals surface area contributed by atoms with Crippen molar-refractivity contribution in [1.29, 1.82) is 0 Å². The molecule has 100 valence electrons. The molecule has 0 unspecified atom stereocenters. The van der Waals surface area contributed by atoms with Crippen molar-refractivity contribution in [1.82, 2.24) is 0 Å². The van der Waals surface area contributed by atoms with Crippen molar-refractivity contribution >= 4 is 31.9 Å². The van der Waals surface area contributed by atoms with E-state index in [4.69, 9.17) is 4.74 Å². The number of aryl methyl sites for hydroxylation is 2. The Morgan fingerprint density at radius 2 is 1.63 bits per heavy atom. The van der Waals surface area contributed by atoms with Crippen LogP contribution in [0.1, 0.15) is 22.3 Å². The van der Waals surface area contributed by atoms with Crippen LogP contribution in [0.4, 0.5) is 0 Å². The second kappa shape index (κ2) is 6.58. The number of ether oxygens (including phenoxy) is 1. The molecule has 0 saturated carbocycles. The van der Waals surface area contributed by atoms with Gasteiger partial charge in [-0.3, -0.25) is 0 Å². The smallest absolute Gasteiger partial charge is 0.134 e. The molecular formula is C16H16Br2O. The first-order valence-corrected chi connectivity index (χ1v) is 8.04. The van der Waals surface area contributed by atoms with Crippen LogP contribution in [-0.2, 0) is 11.9 Å². The summed E-state index contributed by atoms with van der Waals surface area (Å²) in [6, 6.07) is 12.6. The molecule has 0 fully saturated rings. The molecule has 0 N–H and O–H groups in total. The molecule has 0 bridgehead atoms. The second-order valence-electron chi connectivity index (χ2n) is 4.68. The van der Waals surface area contributed by atoms with Crippen LogP contribution in [0, 0.1) is 13.8 Å². The molecule has 2 aromatic carbocycles. The van der Waals surface area contributed by atoms with E-state index in [-0.39, 0.29) is 0 Å². The van der Waals surface area contributed by atoms with Gasteiger partial charge >= 0.3 is 0 Å². The minimum Gasteiger partial charge on any atom is -0.488 e. The Morgan fingerprint density at radius 1 is 0.947 bits per heavy atom. The zero-order valence-electron chi connectivity index (χ0n) is 11.0. The van der Waals surface area contributed by atoms with Gasteiger partial charge in [-0.1, -0.05) is 51.3 Å². The summed E-state index contributed by atoms with van der Waals surface area (Å²) >= 11 is 6.99. The maximum atomic E-state index is 5.87. The third-order valence-corrected chi connectivity index (χ3v) is 4.09. The molecule has 0 aromatic heterocycles. The fraction of sp³-hybridized carbons (Fsp3) is 0.250. The van der Waals surface area contributed by atoms with Gasteiger partial charge in [0.1, 0.15) is 12.4 Å². The number of benzene rings is 2. The van der Waals surface area contributed by atoms with Crippen molar-refractivity contribution in [2.75, 3.05) is 0 Å². The van der Waals surface area contributed by atoms with E-state index in [9.17, 15) is 0 Å². The van der Waals surface area contributed by atoms with Gasteiger partial charge in [-0.25, -0.2) is 0 Å². The molecule has 2 rings (SSSR count). The Bertz CT molecular complexity index is 559. The van der Waals surface area contributed by atoms with Crippen molar-refractivity contribution < 1.29 is 4.74 Å². The Labute approximate surface area is 131 Å². The molecule has 0 spiro atoms. The van der Waals surface area contributed by atoms with E-state index >= 15 is 0 Å². The standard InChI is InChI=1S/C16H16Br2O/c1-11-5-12(2)7-14(6-11)10-19-16-4-3-13(9-17)8-15(16)18/h3-8H,9-10H2,1-2H3. The minimum atomic E-state index is 0.592. The van der Waals surface area contributed by atoms with E-state index < -0.39 is 0 Å². The highest BCUT2D eigenvalue weighted by atomic mass is 79.9. The monoisotopic (exact) mass is 382 g/mol. The Hall–Kier alpha value is -0.800. The van der Waals surface area contributed by atoms with Gasteiger partial charge in [0, 0.05) is 5.33 Å². The van der Waals surface area contributed by atoms with Gasteiger partial charge in [0.05, 0.1) is 4.47 Å². The minimum absolute atomic E-state index is 0.592. The van der Waals surface area contributed by atoms with E-state index in [0.29, 0.717) is 6.61 Å². The number of halogens is 2. The highest BCUT2D eigenvalue weighted by Gasteiger charge is 2.03. The summed E-state index contributed by atoms with van der Waals surface area (Å²) < 4.78 is 6.86. The summed E-state index contributed by atoms with van der Waals surface area (Å²) in [4.78, 5) is 0. The lowest BCUT2D eigenvalue weighted by molar-refractivity contribution is 0.304. The van der Waals surface area contributed by atoms with E-state index in [1.54, 1.807) is 0 Å². The van der Waals surface area contributed by atoms with Crippen LogP contribution >= 0.6 is 31.9 Å². The third kappa shape index (κ3) is 4.08. The maximum absolute atomic E-state index is 5.87.